The number of nitrogens with zero attached hydrogens (tertiary/aromatic N) is 2. The van der Waals surface area contributed by atoms with Crippen molar-refractivity contribution in [2.75, 3.05) is 19.8 Å². The number of para-hydroxylation sites is 1. The smallest absolute Gasteiger partial charge is 0.335 e. The first-order chi connectivity index (χ1) is 20.4. The van der Waals surface area contributed by atoms with E-state index in [-0.39, 0.29) is 30.3 Å². The van der Waals surface area contributed by atoms with Gasteiger partial charge in [-0.3, -0.25) is 0 Å². The number of carboxylic acids is 1. The van der Waals surface area contributed by atoms with Crippen LogP contribution in [0.2, 0.25) is 5.02 Å². The van der Waals surface area contributed by atoms with E-state index in [1.54, 1.807) is 30.3 Å². The van der Waals surface area contributed by atoms with Crippen LogP contribution >= 0.6 is 11.6 Å². The number of rotatable bonds is 7. The van der Waals surface area contributed by atoms with Crippen molar-refractivity contribution < 1.29 is 33.2 Å². The van der Waals surface area contributed by atoms with Crippen molar-refractivity contribution in [2.45, 2.75) is 56.5 Å². The monoisotopic (exact) mass is 592 g/mol. The Labute approximate surface area is 246 Å². The summed E-state index contributed by atoms with van der Waals surface area (Å²) in [6.45, 7) is 2.10. The first kappa shape index (κ1) is 27.2. The standard InChI is InChI=1S/C32H30ClFN2O6/c33-20-6-8-24(25(34)13-20)29-17-41-31-23(2-1-3-28(31)42-29)19-4-7-21(40-16-19)14-30-35-26-9-5-18(32(37)38)12-27(26)36(30)15-22-10-11-39-22/h1-3,5-6,8-9,12-13,19,21-22,29H,4,7,10-11,14-17H2,(H,37,38)/t19?,21?,22-,29?/m0/s1. The highest BCUT2D eigenvalue weighted by Gasteiger charge is 2.32. The minimum absolute atomic E-state index is 0.0213. The Morgan fingerprint density at radius 2 is 1.90 bits per heavy atom. The van der Waals surface area contributed by atoms with Gasteiger partial charge in [-0.1, -0.05) is 29.8 Å². The Morgan fingerprint density at radius 3 is 2.64 bits per heavy atom. The molecular formula is C32H30ClFN2O6. The van der Waals surface area contributed by atoms with Gasteiger partial charge in [0, 0.05) is 35.1 Å². The van der Waals surface area contributed by atoms with Crippen LogP contribution in [0, 0.1) is 5.82 Å². The SMILES string of the molecule is O=C(O)c1ccc2nc(CC3CCC(c4cccc5c4OCC(c4ccc(Cl)cc4F)O5)CO3)n(C[C@@H]3CCO3)c2c1. The second-order valence-corrected chi connectivity index (χ2v) is 11.6. The van der Waals surface area contributed by atoms with E-state index in [1.807, 2.05) is 18.2 Å². The van der Waals surface area contributed by atoms with Crippen molar-refractivity contribution in [1.82, 2.24) is 9.55 Å². The molecule has 0 aliphatic carbocycles. The highest BCUT2D eigenvalue weighted by molar-refractivity contribution is 6.30. The highest BCUT2D eigenvalue weighted by atomic mass is 35.5. The van der Waals surface area contributed by atoms with Gasteiger partial charge in [0.15, 0.2) is 17.6 Å². The molecule has 1 N–H and O–H groups in total. The minimum Gasteiger partial charge on any atom is -0.485 e. The zero-order chi connectivity index (χ0) is 28.8. The highest BCUT2D eigenvalue weighted by Crippen LogP contribution is 2.44. The van der Waals surface area contributed by atoms with E-state index >= 15 is 0 Å². The molecule has 3 unspecified atom stereocenters. The molecule has 8 nitrogen and oxygen atoms in total. The van der Waals surface area contributed by atoms with E-state index in [2.05, 4.69) is 4.57 Å². The lowest BCUT2D eigenvalue weighted by molar-refractivity contribution is -0.0594. The van der Waals surface area contributed by atoms with E-state index in [1.165, 1.54) is 6.07 Å². The quantitative estimate of drug-likeness (QED) is 0.268. The first-order valence-corrected chi connectivity index (χ1v) is 14.6. The number of ether oxygens (including phenoxy) is 4. The largest absolute Gasteiger partial charge is 0.485 e. The van der Waals surface area contributed by atoms with Gasteiger partial charge in [-0.05, 0) is 55.7 Å². The van der Waals surface area contributed by atoms with Crippen molar-refractivity contribution in [3.05, 3.63) is 88.0 Å². The van der Waals surface area contributed by atoms with Gasteiger partial charge in [0.1, 0.15) is 18.2 Å². The second-order valence-electron chi connectivity index (χ2n) is 11.1. The predicted octanol–water partition coefficient (Wildman–Crippen LogP) is 6.33. The molecule has 0 radical (unpaired) electrons. The topological polar surface area (TPSA) is 92.0 Å². The van der Waals surface area contributed by atoms with Crippen molar-refractivity contribution in [3.8, 4) is 11.5 Å². The van der Waals surface area contributed by atoms with E-state index < -0.39 is 17.9 Å². The zero-order valence-electron chi connectivity index (χ0n) is 22.8. The van der Waals surface area contributed by atoms with Crippen LogP contribution in [-0.4, -0.2) is 52.7 Å². The van der Waals surface area contributed by atoms with Crippen LogP contribution in [0.4, 0.5) is 4.39 Å². The van der Waals surface area contributed by atoms with Crippen LogP contribution in [0.25, 0.3) is 11.0 Å². The fourth-order valence-electron chi connectivity index (χ4n) is 6.08. The number of carbonyl (C=O) groups is 1. The summed E-state index contributed by atoms with van der Waals surface area (Å²) < 4.78 is 41.0. The lowest BCUT2D eigenvalue weighted by atomic mass is 9.89. The van der Waals surface area contributed by atoms with Gasteiger partial charge in [-0.2, -0.15) is 0 Å². The molecule has 10 heteroatoms. The molecule has 4 atom stereocenters. The van der Waals surface area contributed by atoms with Gasteiger partial charge < -0.3 is 28.6 Å². The number of hydrogen-bond donors (Lipinski definition) is 1. The summed E-state index contributed by atoms with van der Waals surface area (Å²) in [6.07, 6.45) is 2.85. The molecule has 4 heterocycles. The Morgan fingerprint density at radius 1 is 1.02 bits per heavy atom. The number of aromatic nitrogens is 2. The molecule has 42 heavy (non-hydrogen) atoms. The van der Waals surface area contributed by atoms with Crippen LogP contribution < -0.4 is 9.47 Å². The van der Waals surface area contributed by atoms with Crippen molar-refractivity contribution >= 4 is 28.6 Å². The van der Waals surface area contributed by atoms with E-state index in [0.29, 0.717) is 41.7 Å². The molecule has 0 bridgehead atoms. The average molecular weight is 593 g/mol. The first-order valence-electron chi connectivity index (χ1n) is 14.3. The third kappa shape index (κ3) is 5.21. The summed E-state index contributed by atoms with van der Waals surface area (Å²) in [5.41, 5.74) is 3.25. The molecule has 1 aromatic heterocycles. The summed E-state index contributed by atoms with van der Waals surface area (Å²) in [5, 5.41) is 9.85. The van der Waals surface area contributed by atoms with E-state index in [0.717, 1.165) is 48.3 Å². The summed E-state index contributed by atoms with van der Waals surface area (Å²) >= 11 is 5.92. The number of halogens is 2. The number of hydrogen-bond acceptors (Lipinski definition) is 6. The molecule has 0 amide bonds. The Bertz CT molecular complexity index is 1650. The fraction of sp³-hybridized carbons (Fsp3) is 0.375. The van der Waals surface area contributed by atoms with Gasteiger partial charge in [0.2, 0.25) is 0 Å². The van der Waals surface area contributed by atoms with Crippen LogP contribution in [0.15, 0.2) is 54.6 Å². The Hall–Kier alpha value is -3.66. The van der Waals surface area contributed by atoms with Crippen molar-refractivity contribution in [2.24, 2.45) is 0 Å². The molecule has 3 aromatic carbocycles. The maximum Gasteiger partial charge on any atom is 0.335 e. The molecule has 218 valence electrons. The Balaban J connectivity index is 1.05. The molecule has 4 aromatic rings. The molecule has 3 aliphatic heterocycles. The van der Waals surface area contributed by atoms with Gasteiger partial charge >= 0.3 is 5.97 Å². The van der Waals surface area contributed by atoms with E-state index in [9.17, 15) is 14.3 Å². The van der Waals surface area contributed by atoms with Crippen LogP contribution in [-0.2, 0) is 22.4 Å². The number of fused-ring (bicyclic) bond motifs is 2. The zero-order valence-corrected chi connectivity index (χ0v) is 23.6. The summed E-state index contributed by atoms with van der Waals surface area (Å²) in [6, 6.07) is 15.4. The molecule has 0 saturated carbocycles. The molecule has 2 saturated heterocycles. The number of imidazole rings is 1. The van der Waals surface area contributed by atoms with E-state index in [4.69, 9.17) is 35.5 Å². The number of carboxylic acid groups (broad SMARTS) is 1. The second kappa shape index (κ2) is 11.2. The molecule has 7 rings (SSSR count). The third-order valence-corrected chi connectivity index (χ3v) is 8.68. The maximum absolute atomic E-state index is 14.5. The third-order valence-electron chi connectivity index (χ3n) is 8.44. The summed E-state index contributed by atoms with van der Waals surface area (Å²) in [4.78, 5) is 16.5. The van der Waals surface area contributed by atoms with Crippen molar-refractivity contribution in [1.29, 1.82) is 0 Å². The van der Waals surface area contributed by atoms with Gasteiger partial charge in [-0.25, -0.2) is 14.2 Å². The molecule has 0 spiro atoms. The van der Waals surface area contributed by atoms with Crippen LogP contribution in [0.1, 0.15) is 58.6 Å². The van der Waals surface area contributed by atoms with Gasteiger partial charge in [0.05, 0.1) is 42.0 Å². The predicted molar refractivity (Wildman–Crippen MR) is 153 cm³/mol. The van der Waals surface area contributed by atoms with Gasteiger partial charge in [-0.15, -0.1) is 0 Å². The number of aromatic carboxylic acids is 1. The number of benzene rings is 3. The Kier molecular flexibility index (Phi) is 7.25. The average Bonchev–Trinajstić information content (AvgIpc) is 3.30. The summed E-state index contributed by atoms with van der Waals surface area (Å²) in [5.74, 6) is 0.903. The molecular weight excluding hydrogens is 563 g/mol. The van der Waals surface area contributed by atoms with Crippen LogP contribution in [0.3, 0.4) is 0 Å². The normalized spacial score (nSPS) is 23.5. The minimum atomic E-state index is -0.960. The van der Waals surface area contributed by atoms with Gasteiger partial charge in [0.25, 0.3) is 0 Å². The molecule has 3 aliphatic rings. The van der Waals surface area contributed by atoms with Crippen LogP contribution in [0.5, 0.6) is 11.5 Å². The lowest BCUT2D eigenvalue weighted by Gasteiger charge is -2.33. The van der Waals surface area contributed by atoms with Crippen molar-refractivity contribution in [3.63, 3.8) is 0 Å². The maximum atomic E-state index is 14.5. The lowest BCUT2D eigenvalue weighted by Crippen LogP contribution is -2.33. The summed E-state index contributed by atoms with van der Waals surface area (Å²) in [7, 11) is 0. The fourth-order valence-corrected chi connectivity index (χ4v) is 6.24. The molecule has 2 fully saturated rings.